The first-order valence-electron chi connectivity index (χ1n) is 7.19. The van der Waals surface area contributed by atoms with E-state index in [1.54, 1.807) is 54.6 Å². The number of hydrogen-bond acceptors (Lipinski definition) is 3. The molecule has 122 valence electrons. The maximum atomic E-state index is 12.2. The van der Waals surface area contributed by atoms with Gasteiger partial charge in [-0.1, -0.05) is 48.5 Å². The van der Waals surface area contributed by atoms with Crippen molar-refractivity contribution in [3.8, 4) is 0 Å². The number of benzene rings is 2. The van der Waals surface area contributed by atoms with Gasteiger partial charge in [-0.05, 0) is 23.8 Å². The molecule has 0 heterocycles. The van der Waals surface area contributed by atoms with Crippen molar-refractivity contribution in [2.24, 2.45) is 0 Å². The number of rotatable bonds is 6. The zero-order valence-corrected chi connectivity index (χ0v) is 12.7. The number of carboxylic acids is 1. The van der Waals surface area contributed by atoms with Crippen molar-refractivity contribution in [3.05, 3.63) is 77.5 Å². The second-order valence-corrected chi connectivity index (χ2v) is 4.87. The molecule has 6 nitrogen and oxygen atoms in total. The van der Waals surface area contributed by atoms with Crippen LogP contribution in [-0.4, -0.2) is 29.4 Å². The zero-order chi connectivity index (χ0) is 17.4. The summed E-state index contributed by atoms with van der Waals surface area (Å²) >= 11 is 0. The lowest BCUT2D eigenvalue weighted by Gasteiger charge is -2.10. The van der Waals surface area contributed by atoms with Crippen LogP contribution >= 0.6 is 0 Å². The standard InChI is InChI=1S/C18H16N2O4/c21-16(22)12-19-18(24)15(11-13-7-3-1-4-8-13)20-17(23)14-9-5-2-6-10-14/h1-11H,12H2,(H,19,24)(H,20,23)(H,21,22). The first kappa shape index (κ1) is 17.0. The molecule has 2 aromatic carbocycles. The number of hydrogen-bond donors (Lipinski definition) is 3. The maximum Gasteiger partial charge on any atom is 0.322 e. The maximum absolute atomic E-state index is 12.2. The highest BCUT2D eigenvalue weighted by Crippen LogP contribution is 2.07. The highest BCUT2D eigenvalue weighted by molar-refractivity contribution is 6.05. The zero-order valence-electron chi connectivity index (χ0n) is 12.7. The summed E-state index contributed by atoms with van der Waals surface area (Å²) in [5.41, 5.74) is 1.06. The molecule has 0 saturated heterocycles. The van der Waals surface area contributed by atoms with E-state index in [9.17, 15) is 14.4 Å². The van der Waals surface area contributed by atoms with Crippen molar-refractivity contribution in [1.82, 2.24) is 10.6 Å². The topological polar surface area (TPSA) is 95.5 Å². The molecule has 0 aliphatic rings. The molecule has 0 bridgehead atoms. The summed E-state index contributed by atoms with van der Waals surface area (Å²) in [7, 11) is 0. The Bertz CT molecular complexity index is 755. The van der Waals surface area contributed by atoms with Gasteiger partial charge in [-0.25, -0.2) is 0 Å². The molecule has 3 N–H and O–H groups in total. The van der Waals surface area contributed by atoms with Crippen molar-refractivity contribution < 1.29 is 19.5 Å². The van der Waals surface area contributed by atoms with Crippen molar-refractivity contribution in [2.45, 2.75) is 0 Å². The average Bonchev–Trinajstić information content (AvgIpc) is 2.60. The van der Waals surface area contributed by atoms with Crippen molar-refractivity contribution in [2.75, 3.05) is 6.54 Å². The molecular weight excluding hydrogens is 308 g/mol. The van der Waals surface area contributed by atoms with Gasteiger partial charge in [0, 0.05) is 5.56 Å². The molecule has 0 saturated carbocycles. The second-order valence-electron chi connectivity index (χ2n) is 4.87. The van der Waals surface area contributed by atoms with E-state index in [2.05, 4.69) is 10.6 Å². The molecule has 2 aromatic rings. The lowest BCUT2D eigenvalue weighted by Crippen LogP contribution is -2.37. The summed E-state index contributed by atoms with van der Waals surface area (Å²) in [5.74, 6) is -2.30. The van der Waals surface area contributed by atoms with Gasteiger partial charge in [-0.3, -0.25) is 14.4 Å². The van der Waals surface area contributed by atoms with Gasteiger partial charge in [0.1, 0.15) is 12.2 Å². The number of carbonyl (C=O) groups is 3. The molecule has 2 amide bonds. The van der Waals surface area contributed by atoms with Crippen molar-refractivity contribution in [3.63, 3.8) is 0 Å². The normalized spacial score (nSPS) is 10.8. The van der Waals surface area contributed by atoms with Gasteiger partial charge in [-0.2, -0.15) is 0 Å². The minimum absolute atomic E-state index is 0.0312. The van der Waals surface area contributed by atoms with Crippen molar-refractivity contribution >= 4 is 23.9 Å². The van der Waals surface area contributed by atoms with Crippen LogP contribution in [0.25, 0.3) is 6.08 Å². The Balaban J connectivity index is 2.22. The van der Waals surface area contributed by atoms with Crippen LogP contribution in [0.4, 0.5) is 0 Å². The molecule has 0 radical (unpaired) electrons. The minimum atomic E-state index is -1.17. The van der Waals surface area contributed by atoms with Gasteiger partial charge >= 0.3 is 5.97 Å². The fraction of sp³-hybridized carbons (Fsp3) is 0.0556. The Labute approximate surface area is 138 Å². The number of carboxylic acid groups (broad SMARTS) is 1. The van der Waals surface area contributed by atoms with Crippen LogP contribution in [0.2, 0.25) is 0 Å². The second kappa shape index (κ2) is 8.28. The van der Waals surface area contributed by atoms with Crippen LogP contribution < -0.4 is 10.6 Å². The minimum Gasteiger partial charge on any atom is -0.480 e. The van der Waals surface area contributed by atoms with E-state index in [-0.39, 0.29) is 5.70 Å². The van der Waals surface area contributed by atoms with Gasteiger partial charge in [0.2, 0.25) is 0 Å². The Kier molecular flexibility index (Phi) is 5.85. The largest absolute Gasteiger partial charge is 0.480 e. The van der Waals surface area contributed by atoms with Crippen LogP contribution in [-0.2, 0) is 9.59 Å². The monoisotopic (exact) mass is 324 g/mol. The average molecular weight is 324 g/mol. The molecular formula is C18H16N2O4. The molecule has 0 spiro atoms. The number of nitrogens with one attached hydrogen (secondary N) is 2. The highest BCUT2D eigenvalue weighted by atomic mass is 16.4. The molecule has 0 aromatic heterocycles. The summed E-state index contributed by atoms with van der Waals surface area (Å²) in [6.45, 7) is -0.536. The smallest absolute Gasteiger partial charge is 0.322 e. The summed E-state index contributed by atoms with van der Waals surface area (Å²) in [6.07, 6.45) is 1.48. The van der Waals surface area contributed by atoms with Gasteiger partial charge in [0.15, 0.2) is 0 Å². The predicted octanol–water partition coefficient (Wildman–Crippen LogP) is 1.66. The quantitative estimate of drug-likeness (QED) is 0.704. The van der Waals surface area contributed by atoms with Gasteiger partial charge in [0.25, 0.3) is 11.8 Å². The molecule has 6 heteroatoms. The van der Waals surface area contributed by atoms with Crippen LogP contribution in [0.3, 0.4) is 0 Å². The first-order chi connectivity index (χ1) is 11.6. The van der Waals surface area contributed by atoms with Crippen LogP contribution in [0.15, 0.2) is 66.4 Å². The first-order valence-corrected chi connectivity index (χ1v) is 7.19. The fourth-order valence-corrected chi connectivity index (χ4v) is 1.91. The molecule has 0 atom stereocenters. The molecule has 0 aliphatic carbocycles. The predicted molar refractivity (Wildman–Crippen MR) is 89.0 cm³/mol. The summed E-state index contributed by atoms with van der Waals surface area (Å²) in [5, 5.41) is 13.4. The Morgan fingerprint density at radius 3 is 2.08 bits per heavy atom. The number of carbonyl (C=O) groups excluding carboxylic acids is 2. The van der Waals surface area contributed by atoms with Crippen molar-refractivity contribution in [1.29, 1.82) is 0 Å². The third kappa shape index (κ3) is 5.10. The van der Waals surface area contributed by atoms with E-state index >= 15 is 0 Å². The lowest BCUT2D eigenvalue weighted by molar-refractivity contribution is -0.137. The molecule has 24 heavy (non-hydrogen) atoms. The lowest BCUT2D eigenvalue weighted by atomic mass is 10.1. The fourth-order valence-electron chi connectivity index (χ4n) is 1.91. The Morgan fingerprint density at radius 1 is 0.917 bits per heavy atom. The molecule has 0 unspecified atom stereocenters. The van der Waals surface area contributed by atoms with Gasteiger partial charge in [-0.15, -0.1) is 0 Å². The Morgan fingerprint density at radius 2 is 1.50 bits per heavy atom. The van der Waals surface area contributed by atoms with Crippen LogP contribution in [0.5, 0.6) is 0 Å². The van der Waals surface area contributed by atoms with Crippen LogP contribution in [0.1, 0.15) is 15.9 Å². The van der Waals surface area contributed by atoms with E-state index in [1.165, 1.54) is 6.08 Å². The molecule has 2 rings (SSSR count). The van der Waals surface area contributed by atoms with E-state index in [4.69, 9.17) is 5.11 Å². The Hall–Kier alpha value is -3.41. The van der Waals surface area contributed by atoms with Gasteiger partial charge in [0.05, 0.1) is 0 Å². The molecule has 0 aliphatic heterocycles. The summed E-state index contributed by atoms with van der Waals surface area (Å²) < 4.78 is 0. The number of aliphatic carboxylic acids is 1. The van der Waals surface area contributed by atoms with Crippen LogP contribution in [0, 0.1) is 0 Å². The SMILES string of the molecule is O=C(O)CNC(=O)C(=Cc1ccccc1)NC(=O)c1ccccc1. The highest BCUT2D eigenvalue weighted by Gasteiger charge is 2.15. The summed E-state index contributed by atoms with van der Waals surface area (Å²) in [4.78, 5) is 35.0. The van der Waals surface area contributed by atoms with E-state index in [0.29, 0.717) is 11.1 Å². The van der Waals surface area contributed by atoms with Gasteiger partial charge < -0.3 is 15.7 Å². The summed E-state index contributed by atoms with van der Waals surface area (Å²) in [6, 6.07) is 17.4. The van der Waals surface area contributed by atoms with E-state index in [0.717, 1.165) is 0 Å². The van der Waals surface area contributed by atoms with E-state index < -0.39 is 24.3 Å². The molecule has 0 fully saturated rings. The third-order valence-electron chi connectivity index (χ3n) is 3.04. The third-order valence-corrected chi connectivity index (χ3v) is 3.04. The number of amides is 2. The van der Waals surface area contributed by atoms with E-state index in [1.807, 2.05) is 6.07 Å².